The average molecular weight is 335 g/mol. The monoisotopic (exact) mass is 334 g/mol. The molecule has 134 valence electrons. The van der Waals surface area contributed by atoms with Crippen LogP contribution in [-0.2, 0) is 23.7 Å². The first kappa shape index (κ1) is 18.2. The summed E-state index contributed by atoms with van der Waals surface area (Å²) in [6.07, 6.45) is 4.84. The second-order valence-electron chi connectivity index (χ2n) is 9.82. The summed E-state index contributed by atoms with van der Waals surface area (Å²) < 4.78 is 0. The van der Waals surface area contributed by atoms with Gasteiger partial charge in [-0.05, 0) is 69.0 Å². The van der Waals surface area contributed by atoms with Gasteiger partial charge < -0.3 is 0 Å². The van der Waals surface area contributed by atoms with Crippen LogP contribution in [0.25, 0.3) is 11.1 Å². The van der Waals surface area contributed by atoms with Gasteiger partial charge in [0.15, 0.2) is 0 Å². The molecule has 0 aliphatic heterocycles. The third-order valence-corrected chi connectivity index (χ3v) is 5.58. The van der Waals surface area contributed by atoms with Crippen molar-refractivity contribution in [2.45, 2.75) is 85.0 Å². The smallest absolute Gasteiger partial charge is 0.00133 e. The fraction of sp³-hybridized carbons (Fsp3) is 0.520. The lowest BCUT2D eigenvalue weighted by atomic mass is 9.80. The van der Waals surface area contributed by atoms with E-state index in [0.717, 1.165) is 6.42 Å². The standard InChI is InChI=1S/C25H34/c1-8-9-10-18-14-19-13-17-11-12-20(24(2,3)4)15-21(17)22(19)16-23(18)25(5,6)7/h11-12,14-16H,8-10,13H2,1-7H3. The zero-order valence-electron chi connectivity index (χ0n) is 17.2. The van der Waals surface area contributed by atoms with Gasteiger partial charge in [-0.1, -0.05) is 85.2 Å². The van der Waals surface area contributed by atoms with Crippen molar-refractivity contribution in [3.05, 3.63) is 58.1 Å². The highest BCUT2D eigenvalue weighted by Crippen LogP contribution is 2.42. The van der Waals surface area contributed by atoms with Crippen molar-refractivity contribution in [1.29, 1.82) is 0 Å². The molecule has 0 aromatic heterocycles. The maximum Gasteiger partial charge on any atom is -0.00133 e. The van der Waals surface area contributed by atoms with Crippen LogP contribution in [0.2, 0.25) is 0 Å². The minimum Gasteiger partial charge on any atom is -0.0654 e. The van der Waals surface area contributed by atoms with Crippen LogP contribution in [0.3, 0.4) is 0 Å². The predicted octanol–water partition coefficient (Wildman–Crippen LogP) is 7.20. The van der Waals surface area contributed by atoms with Gasteiger partial charge >= 0.3 is 0 Å². The molecule has 1 aliphatic carbocycles. The van der Waals surface area contributed by atoms with Crippen molar-refractivity contribution in [3.8, 4) is 11.1 Å². The molecule has 0 fully saturated rings. The second kappa shape index (κ2) is 6.31. The van der Waals surface area contributed by atoms with E-state index in [-0.39, 0.29) is 10.8 Å². The topological polar surface area (TPSA) is 0 Å². The van der Waals surface area contributed by atoms with Crippen LogP contribution in [0.15, 0.2) is 30.3 Å². The molecule has 0 spiro atoms. The molecule has 0 N–H and O–H groups in total. The van der Waals surface area contributed by atoms with Gasteiger partial charge in [0.05, 0.1) is 0 Å². The van der Waals surface area contributed by atoms with Crippen molar-refractivity contribution in [2.75, 3.05) is 0 Å². The summed E-state index contributed by atoms with van der Waals surface area (Å²) in [5.41, 5.74) is 10.9. The Balaban J connectivity index is 2.14. The molecule has 0 heterocycles. The van der Waals surface area contributed by atoms with Crippen LogP contribution < -0.4 is 0 Å². The maximum absolute atomic E-state index is 2.52. The lowest BCUT2D eigenvalue weighted by molar-refractivity contribution is 0.579. The first-order chi connectivity index (χ1) is 11.6. The van der Waals surface area contributed by atoms with Gasteiger partial charge in [-0.25, -0.2) is 0 Å². The summed E-state index contributed by atoms with van der Waals surface area (Å²) >= 11 is 0. The van der Waals surface area contributed by atoms with Gasteiger partial charge in [-0.3, -0.25) is 0 Å². The number of hydrogen-bond acceptors (Lipinski definition) is 0. The lowest BCUT2D eigenvalue weighted by Crippen LogP contribution is -2.15. The number of hydrogen-bond donors (Lipinski definition) is 0. The van der Waals surface area contributed by atoms with Gasteiger partial charge in [0, 0.05) is 0 Å². The normalized spacial score (nSPS) is 13.7. The third kappa shape index (κ3) is 3.54. The zero-order valence-corrected chi connectivity index (χ0v) is 17.2. The van der Waals surface area contributed by atoms with Crippen LogP contribution in [0, 0.1) is 0 Å². The summed E-state index contributed by atoms with van der Waals surface area (Å²) in [4.78, 5) is 0. The molecular weight excluding hydrogens is 300 g/mol. The highest BCUT2D eigenvalue weighted by atomic mass is 14.3. The molecule has 0 nitrogen and oxygen atoms in total. The molecule has 0 saturated carbocycles. The Morgan fingerprint density at radius 1 is 0.800 bits per heavy atom. The largest absolute Gasteiger partial charge is 0.0654 e. The van der Waals surface area contributed by atoms with Gasteiger partial charge in [0.2, 0.25) is 0 Å². The molecule has 1 aliphatic rings. The van der Waals surface area contributed by atoms with Gasteiger partial charge in [0.25, 0.3) is 0 Å². The SMILES string of the molecule is CCCCc1cc2c(cc1C(C)(C)C)-c1cc(C(C)(C)C)ccc1C2. The van der Waals surface area contributed by atoms with Crippen molar-refractivity contribution < 1.29 is 0 Å². The number of fused-ring (bicyclic) bond motifs is 3. The van der Waals surface area contributed by atoms with Crippen LogP contribution in [0.5, 0.6) is 0 Å². The molecule has 2 aromatic carbocycles. The van der Waals surface area contributed by atoms with Crippen LogP contribution in [0.1, 0.15) is 89.1 Å². The summed E-state index contributed by atoms with van der Waals surface area (Å²) in [5.74, 6) is 0. The van der Waals surface area contributed by atoms with E-state index in [1.165, 1.54) is 52.6 Å². The molecule has 0 atom stereocenters. The van der Waals surface area contributed by atoms with E-state index in [9.17, 15) is 0 Å². The fourth-order valence-corrected chi connectivity index (χ4v) is 4.02. The Bertz CT molecular complexity index is 779. The number of unbranched alkanes of at least 4 members (excludes halogenated alkanes) is 1. The molecule has 2 aromatic rings. The Morgan fingerprint density at radius 3 is 2.08 bits per heavy atom. The van der Waals surface area contributed by atoms with Gasteiger partial charge in [-0.2, -0.15) is 0 Å². The number of rotatable bonds is 3. The van der Waals surface area contributed by atoms with E-state index in [1.54, 1.807) is 5.56 Å². The van der Waals surface area contributed by atoms with E-state index >= 15 is 0 Å². The first-order valence-electron chi connectivity index (χ1n) is 9.91. The van der Waals surface area contributed by atoms with E-state index in [0.29, 0.717) is 0 Å². The zero-order chi connectivity index (χ0) is 18.4. The lowest BCUT2D eigenvalue weighted by Gasteiger charge is -2.25. The first-order valence-corrected chi connectivity index (χ1v) is 9.91. The van der Waals surface area contributed by atoms with E-state index in [2.05, 4.69) is 78.8 Å². The Morgan fingerprint density at radius 2 is 1.48 bits per heavy atom. The van der Waals surface area contributed by atoms with Crippen LogP contribution in [0.4, 0.5) is 0 Å². The van der Waals surface area contributed by atoms with Gasteiger partial charge in [0.1, 0.15) is 0 Å². The van der Waals surface area contributed by atoms with E-state index in [4.69, 9.17) is 0 Å². The van der Waals surface area contributed by atoms with E-state index in [1.807, 2.05) is 0 Å². The Kier molecular flexibility index (Phi) is 4.60. The highest BCUT2D eigenvalue weighted by molar-refractivity contribution is 5.79. The quantitative estimate of drug-likeness (QED) is 0.475. The summed E-state index contributed by atoms with van der Waals surface area (Å²) in [7, 11) is 0. The van der Waals surface area contributed by atoms with E-state index < -0.39 is 0 Å². The molecule has 0 radical (unpaired) electrons. The minimum atomic E-state index is 0.197. The number of benzene rings is 2. The summed E-state index contributed by atoms with van der Waals surface area (Å²) in [5, 5.41) is 0. The van der Waals surface area contributed by atoms with Gasteiger partial charge in [-0.15, -0.1) is 0 Å². The molecule has 0 saturated heterocycles. The Hall–Kier alpha value is -1.56. The molecule has 0 amide bonds. The van der Waals surface area contributed by atoms with Crippen molar-refractivity contribution in [3.63, 3.8) is 0 Å². The highest BCUT2D eigenvalue weighted by Gasteiger charge is 2.26. The Labute approximate surface area is 154 Å². The minimum absolute atomic E-state index is 0.197. The fourth-order valence-electron chi connectivity index (χ4n) is 4.02. The van der Waals surface area contributed by atoms with Crippen molar-refractivity contribution in [1.82, 2.24) is 0 Å². The van der Waals surface area contributed by atoms with Crippen molar-refractivity contribution >= 4 is 0 Å². The maximum atomic E-state index is 2.52. The predicted molar refractivity (Wildman–Crippen MR) is 111 cm³/mol. The van der Waals surface area contributed by atoms with Crippen LogP contribution >= 0.6 is 0 Å². The molecule has 3 rings (SSSR count). The second-order valence-corrected chi connectivity index (χ2v) is 9.82. The molecular formula is C25H34. The molecule has 25 heavy (non-hydrogen) atoms. The van der Waals surface area contributed by atoms with Crippen LogP contribution in [-0.4, -0.2) is 0 Å². The number of aryl methyl sites for hydroxylation is 1. The summed E-state index contributed by atoms with van der Waals surface area (Å²) in [6, 6.07) is 12.2. The molecule has 0 heteroatoms. The average Bonchev–Trinajstić information content (AvgIpc) is 2.86. The van der Waals surface area contributed by atoms with Crippen molar-refractivity contribution in [2.24, 2.45) is 0 Å². The summed E-state index contributed by atoms with van der Waals surface area (Å²) in [6.45, 7) is 16.3. The molecule has 0 bridgehead atoms. The third-order valence-electron chi connectivity index (χ3n) is 5.58. The molecule has 0 unspecified atom stereocenters.